The molecular weight excluding hydrogens is 244 g/mol. The van der Waals surface area contributed by atoms with Gasteiger partial charge in [-0.25, -0.2) is 4.79 Å². The number of carbonyl (C=O) groups is 1. The highest BCUT2D eigenvalue weighted by molar-refractivity contribution is 7.99. The van der Waals surface area contributed by atoms with Gasteiger partial charge in [-0.05, 0) is 35.8 Å². The Hall–Kier alpha value is -1.16. The van der Waals surface area contributed by atoms with Crippen LogP contribution >= 0.6 is 11.8 Å². The Morgan fingerprint density at radius 3 is 2.83 bits per heavy atom. The van der Waals surface area contributed by atoms with Gasteiger partial charge >= 0.3 is 6.03 Å². The zero-order chi connectivity index (χ0) is 12.6. The number of benzene rings is 1. The quantitative estimate of drug-likeness (QED) is 0.877. The van der Waals surface area contributed by atoms with Crippen molar-refractivity contribution in [1.82, 2.24) is 10.6 Å². The highest BCUT2D eigenvalue weighted by Crippen LogP contribution is 2.21. The van der Waals surface area contributed by atoms with Crippen LogP contribution in [0.5, 0.6) is 0 Å². The van der Waals surface area contributed by atoms with Gasteiger partial charge < -0.3 is 10.6 Å². The molecule has 2 N–H and O–H groups in total. The predicted molar refractivity (Wildman–Crippen MR) is 76.7 cm³/mol. The van der Waals surface area contributed by atoms with Crippen molar-refractivity contribution in [3.05, 3.63) is 35.9 Å². The highest BCUT2D eigenvalue weighted by atomic mass is 32.2. The van der Waals surface area contributed by atoms with Crippen molar-refractivity contribution in [2.24, 2.45) is 5.92 Å². The van der Waals surface area contributed by atoms with Gasteiger partial charge in [-0.3, -0.25) is 0 Å². The molecule has 2 amide bonds. The zero-order valence-electron chi connectivity index (χ0n) is 10.5. The molecule has 2 rings (SSSR count). The molecule has 0 radical (unpaired) electrons. The fourth-order valence-electron chi connectivity index (χ4n) is 2.05. The summed E-state index contributed by atoms with van der Waals surface area (Å²) in [5, 5.41) is 5.84. The van der Waals surface area contributed by atoms with Crippen LogP contribution in [-0.4, -0.2) is 24.1 Å². The lowest BCUT2D eigenvalue weighted by Crippen LogP contribution is -2.38. The fraction of sp³-hybridized carbons (Fsp3) is 0.500. The van der Waals surface area contributed by atoms with E-state index in [1.165, 1.54) is 24.3 Å². The van der Waals surface area contributed by atoms with Crippen LogP contribution in [-0.2, 0) is 6.54 Å². The third-order valence-corrected chi connectivity index (χ3v) is 4.39. The topological polar surface area (TPSA) is 41.1 Å². The van der Waals surface area contributed by atoms with E-state index in [2.05, 4.69) is 10.6 Å². The number of rotatable bonds is 4. The number of amides is 2. The molecule has 1 unspecified atom stereocenters. The van der Waals surface area contributed by atoms with E-state index in [1.54, 1.807) is 0 Å². The van der Waals surface area contributed by atoms with Crippen LogP contribution in [0.15, 0.2) is 30.3 Å². The van der Waals surface area contributed by atoms with Gasteiger partial charge in [0.15, 0.2) is 0 Å². The van der Waals surface area contributed by atoms with Crippen LogP contribution in [0.25, 0.3) is 0 Å². The van der Waals surface area contributed by atoms with E-state index in [0.717, 1.165) is 12.1 Å². The van der Waals surface area contributed by atoms with E-state index in [4.69, 9.17) is 0 Å². The molecule has 0 aliphatic carbocycles. The maximum atomic E-state index is 11.6. The predicted octanol–water partition coefficient (Wildman–Crippen LogP) is 2.63. The molecule has 3 nitrogen and oxygen atoms in total. The van der Waals surface area contributed by atoms with Gasteiger partial charge in [0.1, 0.15) is 0 Å². The average molecular weight is 264 g/mol. The summed E-state index contributed by atoms with van der Waals surface area (Å²) in [7, 11) is 0. The SMILES string of the molecule is O=C(NCc1ccccc1)NCC1CCCSC1. The average Bonchev–Trinajstić information content (AvgIpc) is 2.45. The Morgan fingerprint density at radius 1 is 1.28 bits per heavy atom. The summed E-state index contributed by atoms with van der Waals surface area (Å²) < 4.78 is 0. The number of carbonyl (C=O) groups excluding carboxylic acids is 1. The summed E-state index contributed by atoms with van der Waals surface area (Å²) in [5.41, 5.74) is 1.13. The van der Waals surface area contributed by atoms with Gasteiger partial charge in [0.25, 0.3) is 0 Å². The Labute approximate surface area is 113 Å². The minimum absolute atomic E-state index is 0.0607. The summed E-state index contributed by atoms with van der Waals surface area (Å²) in [6.45, 7) is 1.39. The molecule has 4 heteroatoms. The van der Waals surface area contributed by atoms with Crippen molar-refractivity contribution in [3.8, 4) is 0 Å². The molecule has 1 aromatic rings. The van der Waals surface area contributed by atoms with Crippen LogP contribution in [0.2, 0.25) is 0 Å². The lowest BCUT2D eigenvalue weighted by Gasteiger charge is -2.21. The van der Waals surface area contributed by atoms with Crippen molar-refractivity contribution < 1.29 is 4.79 Å². The number of urea groups is 1. The summed E-state index contributed by atoms with van der Waals surface area (Å²) in [5.74, 6) is 3.10. The van der Waals surface area contributed by atoms with Gasteiger partial charge in [-0.1, -0.05) is 30.3 Å². The molecule has 1 atom stereocenters. The molecule has 1 aliphatic heterocycles. The first kappa shape index (κ1) is 13.3. The number of hydrogen-bond acceptors (Lipinski definition) is 2. The van der Waals surface area contributed by atoms with Crippen LogP contribution in [0.3, 0.4) is 0 Å². The van der Waals surface area contributed by atoms with E-state index in [0.29, 0.717) is 12.5 Å². The minimum atomic E-state index is -0.0607. The van der Waals surface area contributed by atoms with Crippen LogP contribution in [0, 0.1) is 5.92 Å². The van der Waals surface area contributed by atoms with Crippen molar-refractivity contribution in [3.63, 3.8) is 0 Å². The van der Waals surface area contributed by atoms with E-state index >= 15 is 0 Å². The molecule has 0 spiro atoms. The Kier molecular flexibility index (Phi) is 5.39. The van der Waals surface area contributed by atoms with E-state index in [9.17, 15) is 4.79 Å². The molecule has 1 saturated heterocycles. The lowest BCUT2D eigenvalue weighted by molar-refractivity contribution is 0.238. The molecule has 0 aromatic heterocycles. The molecule has 0 bridgehead atoms. The molecule has 1 fully saturated rings. The largest absolute Gasteiger partial charge is 0.338 e. The van der Waals surface area contributed by atoms with E-state index in [1.807, 2.05) is 42.1 Å². The Morgan fingerprint density at radius 2 is 2.11 bits per heavy atom. The number of thioether (sulfide) groups is 1. The van der Waals surface area contributed by atoms with Crippen molar-refractivity contribution >= 4 is 17.8 Å². The van der Waals surface area contributed by atoms with Crippen molar-refractivity contribution in [2.45, 2.75) is 19.4 Å². The molecule has 0 saturated carbocycles. The first-order valence-corrected chi connectivity index (χ1v) is 7.63. The Balaban J connectivity index is 1.63. The fourth-order valence-corrected chi connectivity index (χ4v) is 3.20. The van der Waals surface area contributed by atoms with Crippen LogP contribution < -0.4 is 10.6 Å². The Bertz CT molecular complexity index is 363. The standard InChI is InChI=1S/C14H20N2OS/c17-14(15-9-12-5-2-1-3-6-12)16-10-13-7-4-8-18-11-13/h1-3,5-6,13H,4,7-11H2,(H2,15,16,17). The first-order valence-electron chi connectivity index (χ1n) is 6.48. The van der Waals surface area contributed by atoms with Gasteiger partial charge in [0.2, 0.25) is 0 Å². The second-order valence-electron chi connectivity index (χ2n) is 4.63. The van der Waals surface area contributed by atoms with Crippen LogP contribution in [0.4, 0.5) is 4.79 Å². The maximum absolute atomic E-state index is 11.6. The number of nitrogens with one attached hydrogen (secondary N) is 2. The molecule has 1 heterocycles. The summed E-state index contributed by atoms with van der Waals surface area (Å²) in [6, 6.07) is 9.90. The van der Waals surface area contributed by atoms with Gasteiger partial charge in [0.05, 0.1) is 0 Å². The smallest absolute Gasteiger partial charge is 0.315 e. The molecule has 1 aromatic carbocycles. The minimum Gasteiger partial charge on any atom is -0.338 e. The van der Waals surface area contributed by atoms with Gasteiger partial charge in [-0.15, -0.1) is 0 Å². The van der Waals surface area contributed by atoms with E-state index < -0.39 is 0 Å². The second-order valence-corrected chi connectivity index (χ2v) is 5.78. The van der Waals surface area contributed by atoms with Gasteiger partial charge in [0, 0.05) is 13.1 Å². The zero-order valence-corrected chi connectivity index (χ0v) is 11.3. The van der Waals surface area contributed by atoms with E-state index in [-0.39, 0.29) is 6.03 Å². The third kappa shape index (κ3) is 4.61. The highest BCUT2D eigenvalue weighted by Gasteiger charge is 2.14. The summed E-state index contributed by atoms with van der Waals surface area (Å²) in [6.07, 6.45) is 2.52. The normalized spacial score (nSPS) is 19.2. The molecule has 98 valence electrons. The summed E-state index contributed by atoms with van der Waals surface area (Å²) >= 11 is 1.99. The lowest BCUT2D eigenvalue weighted by atomic mass is 10.1. The van der Waals surface area contributed by atoms with Crippen molar-refractivity contribution in [1.29, 1.82) is 0 Å². The monoisotopic (exact) mass is 264 g/mol. The molecule has 18 heavy (non-hydrogen) atoms. The van der Waals surface area contributed by atoms with Crippen molar-refractivity contribution in [2.75, 3.05) is 18.1 Å². The molecular formula is C14H20N2OS. The second kappa shape index (κ2) is 7.31. The van der Waals surface area contributed by atoms with Gasteiger partial charge in [-0.2, -0.15) is 11.8 Å². The van der Waals surface area contributed by atoms with Crippen LogP contribution in [0.1, 0.15) is 18.4 Å². The number of hydrogen-bond donors (Lipinski definition) is 2. The maximum Gasteiger partial charge on any atom is 0.315 e. The molecule has 1 aliphatic rings. The third-order valence-electron chi connectivity index (χ3n) is 3.10. The first-order chi connectivity index (χ1) is 8.84. The summed E-state index contributed by atoms with van der Waals surface area (Å²) in [4.78, 5) is 11.6.